The van der Waals surface area contributed by atoms with Crippen LogP contribution < -0.4 is 5.69 Å². The Morgan fingerprint density at radius 2 is 2.11 bits per heavy atom. The summed E-state index contributed by atoms with van der Waals surface area (Å²) < 4.78 is 1.53. The van der Waals surface area contributed by atoms with Gasteiger partial charge < -0.3 is 5.11 Å². The minimum atomic E-state index is -0.277. The van der Waals surface area contributed by atoms with Gasteiger partial charge in [0.25, 0.3) is 0 Å². The smallest absolute Gasteiger partial charge is 0.347 e. The number of aliphatic hydroxyl groups excluding tert-OH is 1. The Morgan fingerprint density at radius 3 is 2.89 bits per heavy atom. The number of benzene rings is 1. The third-order valence-electron chi connectivity index (χ3n) is 2.60. The fraction of sp³-hybridized carbons (Fsp3) is 0.200. The van der Waals surface area contributed by atoms with E-state index in [4.69, 9.17) is 5.11 Å². The highest BCUT2D eigenvalue weighted by molar-refractivity contribution is 5.41. The lowest BCUT2D eigenvalue weighted by Crippen LogP contribution is -2.22. The predicted octanol–water partition coefficient (Wildman–Crippen LogP) is 1.03. The standard InChI is InChI=1S/C15H14N2O2/c18-11-4-3-7-13-6-1-2-8-14(13)12-17-10-5-9-16-15(17)19/h1-2,5-6,8-10,18H,4,11-12H2. The van der Waals surface area contributed by atoms with Crippen molar-refractivity contribution in [1.82, 2.24) is 9.55 Å². The first-order chi connectivity index (χ1) is 9.31. The molecule has 0 aliphatic heterocycles. The molecule has 0 aliphatic rings. The van der Waals surface area contributed by atoms with Gasteiger partial charge in [-0.25, -0.2) is 9.78 Å². The monoisotopic (exact) mass is 254 g/mol. The number of aliphatic hydroxyl groups is 1. The van der Waals surface area contributed by atoms with Crippen molar-refractivity contribution < 1.29 is 5.11 Å². The van der Waals surface area contributed by atoms with Gasteiger partial charge in [0.1, 0.15) is 0 Å². The Labute approximate surface area is 111 Å². The molecular weight excluding hydrogens is 240 g/mol. The van der Waals surface area contributed by atoms with Gasteiger partial charge in [-0.3, -0.25) is 4.57 Å². The Hall–Kier alpha value is -2.38. The summed E-state index contributed by atoms with van der Waals surface area (Å²) in [4.78, 5) is 15.3. The summed E-state index contributed by atoms with van der Waals surface area (Å²) in [7, 11) is 0. The molecule has 2 rings (SSSR count). The molecular formula is C15H14N2O2. The van der Waals surface area contributed by atoms with Crippen LogP contribution in [0.2, 0.25) is 0 Å². The Morgan fingerprint density at radius 1 is 1.26 bits per heavy atom. The fourth-order valence-electron chi connectivity index (χ4n) is 1.68. The molecule has 1 aromatic carbocycles. The van der Waals surface area contributed by atoms with Gasteiger partial charge in [0, 0.05) is 24.4 Å². The van der Waals surface area contributed by atoms with Gasteiger partial charge in [0.2, 0.25) is 0 Å². The van der Waals surface area contributed by atoms with Crippen LogP contribution in [0.25, 0.3) is 0 Å². The molecule has 0 atom stereocenters. The van der Waals surface area contributed by atoms with Crippen molar-refractivity contribution in [2.45, 2.75) is 13.0 Å². The lowest BCUT2D eigenvalue weighted by Gasteiger charge is -2.06. The Kier molecular flexibility index (Phi) is 4.49. The third-order valence-corrected chi connectivity index (χ3v) is 2.60. The van der Waals surface area contributed by atoms with Gasteiger partial charge in [-0.1, -0.05) is 30.0 Å². The van der Waals surface area contributed by atoms with Crippen LogP contribution in [0, 0.1) is 11.8 Å². The van der Waals surface area contributed by atoms with Crippen molar-refractivity contribution in [1.29, 1.82) is 0 Å². The average Bonchev–Trinajstić information content (AvgIpc) is 2.43. The minimum Gasteiger partial charge on any atom is -0.395 e. The highest BCUT2D eigenvalue weighted by atomic mass is 16.2. The summed E-state index contributed by atoms with van der Waals surface area (Å²) in [5.41, 5.74) is 1.55. The van der Waals surface area contributed by atoms with E-state index in [9.17, 15) is 4.79 Å². The number of nitrogens with zero attached hydrogens (tertiary/aromatic N) is 2. The van der Waals surface area contributed by atoms with E-state index < -0.39 is 0 Å². The topological polar surface area (TPSA) is 55.1 Å². The first-order valence-electron chi connectivity index (χ1n) is 6.00. The van der Waals surface area contributed by atoms with Crippen LogP contribution in [-0.4, -0.2) is 21.3 Å². The fourth-order valence-corrected chi connectivity index (χ4v) is 1.68. The molecule has 0 saturated carbocycles. The highest BCUT2D eigenvalue weighted by Crippen LogP contribution is 2.08. The van der Waals surface area contributed by atoms with Crippen LogP contribution in [0.15, 0.2) is 47.5 Å². The summed E-state index contributed by atoms with van der Waals surface area (Å²) in [6.45, 7) is 0.494. The van der Waals surface area contributed by atoms with E-state index in [2.05, 4.69) is 16.8 Å². The van der Waals surface area contributed by atoms with Crippen molar-refractivity contribution in [2.75, 3.05) is 6.61 Å². The summed E-state index contributed by atoms with van der Waals surface area (Å²) in [6.07, 6.45) is 3.63. The van der Waals surface area contributed by atoms with Crippen LogP contribution in [0.4, 0.5) is 0 Å². The SMILES string of the molecule is O=c1ncccn1Cc1ccccc1C#CCCO. The molecule has 0 unspecified atom stereocenters. The first kappa shape index (κ1) is 13.1. The van der Waals surface area contributed by atoms with E-state index in [-0.39, 0.29) is 12.3 Å². The van der Waals surface area contributed by atoms with Gasteiger partial charge in [0.05, 0.1) is 13.2 Å². The van der Waals surface area contributed by atoms with Crippen LogP contribution in [-0.2, 0) is 6.54 Å². The van der Waals surface area contributed by atoms with E-state index >= 15 is 0 Å². The molecule has 96 valence electrons. The van der Waals surface area contributed by atoms with Crippen molar-refractivity contribution in [2.24, 2.45) is 0 Å². The molecule has 1 heterocycles. The Bertz CT molecular complexity index is 665. The maximum atomic E-state index is 11.6. The molecule has 0 fully saturated rings. The van der Waals surface area contributed by atoms with Gasteiger partial charge >= 0.3 is 5.69 Å². The summed E-state index contributed by atoms with van der Waals surface area (Å²) in [6, 6.07) is 9.37. The first-order valence-corrected chi connectivity index (χ1v) is 6.00. The second kappa shape index (κ2) is 6.53. The van der Waals surface area contributed by atoms with Gasteiger partial charge in [-0.05, 0) is 17.7 Å². The van der Waals surface area contributed by atoms with E-state index in [1.165, 1.54) is 10.8 Å². The van der Waals surface area contributed by atoms with Gasteiger partial charge in [-0.2, -0.15) is 0 Å². The van der Waals surface area contributed by atoms with Crippen molar-refractivity contribution in [3.8, 4) is 11.8 Å². The maximum absolute atomic E-state index is 11.6. The number of hydrogen-bond acceptors (Lipinski definition) is 3. The van der Waals surface area contributed by atoms with E-state index in [0.717, 1.165) is 11.1 Å². The second-order valence-electron chi connectivity index (χ2n) is 3.96. The minimum absolute atomic E-state index is 0.0528. The molecule has 0 saturated heterocycles. The zero-order chi connectivity index (χ0) is 13.5. The van der Waals surface area contributed by atoms with Crippen molar-refractivity contribution in [3.05, 3.63) is 64.3 Å². The molecule has 0 spiro atoms. The number of aromatic nitrogens is 2. The quantitative estimate of drug-likeness (QED) is 0.832. The highest BCUT2D eigenvalue weighted by Gasteiger charge is 2.01. The van der Waals surface area contributed by atoms with Crippen molar-refractivity contribution >= 4 is 0 Å². The summed E-state index contributed by atoms with van der Waals surface area (Å²) in [5.74, 6) is 5.90. The molecule has 1 aromatic heterocycles. The lowest BCUT2D eigenvalue weighted by molar-refractivity contribution is 0.305. The molecule has 0 radical (unpaired) electrons. The third kappa shape index (κ3) is 3.54. The van der Waals surface area contributed by atoms with Gasteiger partial charge in [0.15, 0.2) is 0 Å². The van der Waals surface area contributed by atoms with Crippen LogP contribution >= 0.6 is 0 Å². The molecule has 1 N–H and O–H groups in total. The maximum Gasteiger partial charge on any atom is 0.347 e. The zero-order valence-corrected chi connectivity index (χ0v) is 10.4. The van der Waals surface area contributed by atoms with Gasteiger partial charge in [-0.15, -0.1) is 0 Å². The zero-order valence-electron chi connectivity index (χ0n) is 10.4. The lowest BCUT2D eigenvalue weighted by atomic mass is 10.1. The summed E-state index contributed by atoms with van der Waals surface area (Å²) >= 11 is 0. The van der Waals surface area contributed by atoms with E-state index in [0.29, 0.717) is 13.0 Å². The largest absolute Gasteiger partial charge is 0.395 e. The average molecular weight is 254 g/mol. The summed E-state index contributed by atoms with van der Waals surface area (Å²) in [5, 5.41) is 8.73. The molecule has 0 aliphatic carbocycles. The number of rotatable bonds is 3. The predicted molar refractivity (Wildman–Crippen MR) is 72.6 cm³/mol. The van der Waals surface area contributed by atoms with E-state index in [1.807, 2.05) is 24.3 Å². The molecule has 4 heteroatoms. The molecule has 0 bridgehead atoms. The van der Waals surface area contributed by atoms with E-state index in [1.54, 1.807) is 12.3 Å². The van der Waals surface area contributed by atoms with Crippen LogP contribution in [0.3, 0.4) is 0 Å². The molecule has 2 aromatic rings. The second-order valence-corrected chi connectivity index (χ2v) is 3.96. The molecule has 19 heavy (non-hydrogen) atoms. The molecule has 4 nitrogen and oxygen atoms in total. The normalized spacial score (nSPS) is 9.74. The van der Waals surface area contributed by atoms with Crippen LogP contribution in [0.1, 0.15) is 17.5 Å². The van der Waals surface area contributed by atoms with Crippen molar-refractivity contribution in [3.63, 3.8) is 0 Å². The molecule has 0 amide bonds. The number of hydrogen-bond donors (Lipinski definition) is 1. The Balaban J connectivity index is 2.29. The van der Waals surface area contributed by atoms with Crippen LogP contribution in [0.5, 0.6) is 0 Å².